The van der Waals surface area contributed by atoms with Gasteiger partial charge in [0.15, 0.2) is 11.5 Å². The minimum atomic E-state index is -0.706. The monoisotopic (exact) mass is 474 g/mol. The number of carbonyl (C=O) groups is 2. The first-order valence-corrected chi connectivity index (χ1v) is 11.5. The zero-order valence-corrected chi connectivity index (χ0v) is 20.2. The Kier molecular flexibility index (Phi) is 7.50. The zero-order chi connectivity index (χ0) is 24.8. The van der Waals surface area contributed by atoms with Gasteiger partial charge in [-0.05, 0) is 53.8 Å². The van der Waals surface area contributed by atoms with E-state index in [1.165, 1.54) is 0 Å². The molecule has 0 aliphatic carbocycles. The average Bonchev–Trinajstić information content (AvgIpc) is 2.91. The molecule has 182 valence electrons. The van der Waals surface area contributed by atoms with E-state index >= 15 is 0 Å². The van der Waals surface area contributed by atoms with Crippen LogP contribution in [-0.4, -0.2) is 48.6 Å². The molecule has 8 nitrogen and oxygen atoms in total. The molecular formula is C27H30N4O4. The number of aromatic nitrogens is 1. The summed E-state index contributed by atoms with van der Waals surface area (Å²) in [5.74, 6) is 1.01. The molecule has 1 aliphatic rings. The minimum Gasteiger partial charge on any atom is -0.493 e. The first kappa shape index (κ1) is 24.1. The number of ether oxygens (including phenoxy) is 2. The van der Waals surface area contributed by atoms with Crippen molar-refractivity contribution in [1.29, 1.82) is 0 Å². The molecule has 0 radical (unpaired) electrons. The number of rotatable bonds is 7. The lowest BCUT2D eigenvalue weighted by molar-refractivity contribution is -0.122. The topological polar surface area (TPSA) is 92.8 Å². The summed E-state index contributed by atoms with van der Waals surface area (Å²) in [7, 11) is 3.21. The molecule has 2 N–H and O–H groups in total. The summed E-state index contributed by atoms with van der Waals surface area (Å²) in [5, 5.41) is 5.72. The third kappa shape index (κ3) is 5.37. The summed E-state index contributed by atoms with van der Waals surface area (Å²) in [5.41, 5.74) is 3.94. The first-order valence-electron chi connectivity index (χ1n) is 11.5. The fraction of sp³-hybridized carbons (Fsp3) is 0.296. The highest BCUT2D eigenvalue weighted by Crippen LogP contribution is 2.41. The second kappa shape index (κ2) is 10.9. The third-order valence-electron chi connectivity index (χ3n) is 6.17. The number of fused-ring (bicyclic) bond motifs is 1. The molecule has 1 aliphatic heterocycles. The molecule has 2 aromatic carbocycles. The van der Waals surface area contributed by atoms with Crippen molar-refractivity contribution in [2.45, 2.75) is 32.0 Å². The highest BCUT2D eigenvalue weighted by molar-refractivity contribution is 5.87. The van der Waals surface area contributed by atoms with Crippen LogP contribution < -0.4 is 20.1 Å². The number of methoxy groups -OCH3 is 2. The van der Waals surface area contributed by atoms with Gasteiger partial charge < -0.3 is 25.0 Å². The van der Waals surface area contributed by atoms with Gasteiger partial charge in [-0.3, -0.25) is 9.78 Å². The van der Waals surface area contributed by atoms with Crippen molar-refractivity contribution < 1.29 is 19.1 Å². The molecule has 0 saturated carbocycles. The average molecular weight is 475 g/mol. The van der Waals surface area contributed by atoms with Crippen molar-refractivity contribution in [3.63, 3.8) is 0 Å². The van der Waals surface area contributed by atoms with Crippen LogP contribution in [0, 0.1) is 0 Å². The highest BCUT2D eigenvalue weighted by atomic mass is 16.5. The largest absolute Gasteiger partial charge is 0.493 e. The number of pyridine rings is 1. The van der Waals surface area contributed by atoms with Crippen LogP contribution in [-0.2, 0) is 17.8 Å². The lowest BCUT2D eigenvalue weighted by Crippen LogP contribution is -2.52. The number of hydrogen-bond acceptors (Lipinski definition) is 5. The van der Waals surface area contributed by atoms with E-state index in [0.29, 0.717) is 31.0 Å². The lowest BCUT2D eigenvalue weighted by Gasteiger charge is -2.38. The van der Waals surface area contributed by atoms with Gasteiger partial charge in [-0.15, -0.1) is 0 Å². The van der Waals surface area contributed by atoms with Crippen LogP contribution in [0.15, 0.2) is 67.0 Å². The van der Waals surface area contributed by atoms with Gasteiger partial charge in [0.25, 0.3) is 0 Å². The Hall–Kier alpha value is -4.07. The van der Waals surface area contributed by atoms with Crippen LogP contribution in [0.3, 0.4) is 0 Å². The van der Waals surface area contributed by atoms with Crippen LogP contribution in [0.5, 0.6) is 11.5 Å². The molecule has 1 unspecified atom stereocenters. The molecule has 0 spiro atoms. The van der Waals surface area contributed by atoms with Crippen molar-refractivity contribution in [3.05, 3.63) is 89.2 Å². The standard InChI is InChI=1S/C27H30N4O4/c1-18(26(32)29-17-19-8-7-12-28-16-19)30-27(33)31-13-11-21-14-23(34-2)24(35-3)15-22(21)25(31)20-9-5-4-6-10-20/h4-10,12,14-16,18,25H,11,13,17H2,1-3H3,(H,29,32)(H,30,33)/t18-,25?/m0/s1. The molecular weight excluding hydrogens is 444 g/mol. The molecule has 1 aromatic heterocycles. The van der Waals surface area contributed by atoms with Gasteiger partial charge in [0.2, 0.25) is 5.91 Å². The molecule has 0 fully saturated rings. The Bertz CT molecular complexity index is 1170. The smallest absolute Gasteiger partial charge is 0.318 e. The van der Waals surface area contributed by atoms with Crippen LogP contribution in [0.25, 0.3) is 0 Å². The van der Waals surface area contributed by atoms with Crippen molar-refractivity contribution in [2.75, 3.05) is 20.8 Å². The number of benzene rings is 2. The van der Waals surface area contributed by atoms with Gasteiger partial charge in [-0.2, -0.15) is 0 Å². The van der Waals surface area contributed by atoms with E-state index in [0.717, 1.165) is 22.3 Å². The van der Waals surface area contributed by atoms with E-state index in [1.54, 1.807) is 38.4 Å². The van der Waals surface area contributed by atoms with Crippen molar-refractivity contribution in [1.82, 2.24) is 20.5 Å². The lowest BCUT2D eigenvalue weighted by atomic mass is 9.88. The van der Waals surface area contributed by atoms with Crippen LogP contribution >= 0.6 is 0 Å². The van der Waals surface area contributed by atoms with Crippen LogP contribution in [0.1, 0.15) is 35.2 Å². The summed E-state index contributed by atoms with van der Waals surface area (Å²) >= 11 is 0. The molecule has 3 aromatic rings. The number of urea groups is 1. The SMILES string of the molecule is COc1cc2c(cc1OC)C(c1ccccc1)N(C(=O)N[C@@H](C)C(=O)NCc1cccnc1)CC2. The molecule has 8 heteroatoms. The van der Waals surface area contributed by atoms with E-state index in [2.05, 4.69) is 15.6 Å². The van der Waals surface area contributed by atoms with Crippen molar-refractivity contribution in [2.24, 2.45) is 0 Å². The van der Waals surface area contributed by atoms with E-state index in [1.807, 2.05) is 54.6 Å². The Morgan fingerprint density at radius 1 is 1.09 bits per heavy atom. The van der Waals surface area contributed by atoms with Gasteiger partial charge in [-0.25, -0.2) is 4.79 Å². The van der Waals surface area contributed by atoms with Crippen LogP contribution in [0.2, 0.25) is 0 Å². The van der Waals surface area contributed by atoms with Crippen molar-refractivity contribution >= 4 is 11.9 Å². The van der Waals surface area contributed by atoms with E-state index in [4.69, 9.17) is 9.47 Å². The van der Waals surface area contributed by atoms with E-state index in [-0.39, 0.29) is 18.0 Å². The van der Waals surface area contributed by atoms with Gasteiger partial charge in [0.1, 0.15) is 6.04 Å². The summed E-state index contributed by atoms with van der Waals surface area (Å²) < 4.78 is 11.0. The first-order chi connectivity index (χ1) is 17.0. The maximum absolute atomic E-state index is 13.4. The second-order valence-corrected chi connectivity index (χ2v) is 8.41. The molecule has 2 atom stereocenters. The van der Waals surface area contributed by atoms with Gasteiger partial charge in [-0.1, -0.05) is 36.4 Å². The summed E-state index contributed by atoms with van der Waals surface area (Å²) in [4.78, 5) is 31.9. The number of amides is 3. The molecule has 35 heavy (non-hydrogen) atoms. The highest BCUT2D eigenvalue weighted by Gasteiger charge is 2.34. The number of carbonyl (C=O) groups excluding carboxylic acids is 2. The molecule has 4 rings (SSSR count). The normalized spacial score (nSPS) is 15.5. The molecule has 2 heterocycles. The number of nitrogens with one attached hydrogen (secondary N) is 2. The third-order valence-corrected chi connectivity index (χ3v) is 6.17. The Morgan fingerprint density at radius 2 is 1.83 bits per heavy atom. The van der Waals surface area contributed by atoms with Gasteiger partial charge in [0, 0.05) is 25.5 Å². The predicted octanol–water partition coefficient (Wildman–Crippen LogP) is 3.46. The van der Waals surface area contributed by atoms with E-state index < -0.39 is 6.04 Å². The van der Waals surface area contributed by atoms with E-state index in [9.17, 15) is 9.59 Å². The zero-order valence-electron chi connectivity index (χ0n) is 20.2. The quantitative estimate of drug-likeness (QED) is 0.547. The summed E-state index contributed by atoms with van der Waals surface area (Å²) in [6.07, 6.45) is 4.04. The van der Waals surface area contributed by atoms with Gasteiger partial charge >= 0.3 is 6.03 Å². The fourth-order valence-corrected chi connectivity index (χ4v) is 4.34. The number of nitrogens with zero attached hydrogens (tertiary/aromatic N) is 2. The van der Waals surface area contributed by atoms with Gasteiger partial charge in [0.05, 0.1) is 20.3 Å². The Labute approximate surface area is 205 Å². The summed E-state index contributed by atoms with van der Waals surface area (Å²) in [6.45, 7) is 2.52. The molecule has 0 saturated heterocycles. The predicted molar refractivity (Wildman–Crippen MR) is 132 cm³/mol. The fourth-order valence-electron chi connectivity index (χ4n) is 4.34. The molecule has 3 amide bonds. The maximum atomic E-state index is 13.4. The van der Waals surface area contributed by atoms with Crippen LogP contribution in [0.4, 0.5) is 4.79 Å². The maximum Gasteiger partial charge on any atom is 0.318 e. The Morgan fingerprint density at radius 3 is 2.51 bits per heavy atom. The summed E-state index contributed by atoms with van der Waals surface area (Å²) in [6, 6.07) is 16.1. The van der Waals surface area contributed by atoms with Crippen molar-refractivity contribution in [3.8, 4) is 11.5 Å². The molecule has 0 bridgehead atoms. The Balaban J connectivity index is 1.55. The number of hydrogen-bond donors (Lipinski definition) is 2. The second-order valence-electron chi connectivity index (χ2n) is 8.41. The minimum absolute atomic E-state index is 0.262.